The molecule has 1 aromatic heterocycles. The van der Waals surface area contributed by atoms with E-state index in [1.165, 1.54) is 0 Å². The van der Waals surface area contributed by atoms with Gasteiger partial charge in [-0.05, 0) is 68.7 Å². The Balaban J connectivity index is 1.38. The Labute approximate surface area is 194 Å². The standard InChI is InChI=1S/C23H29B2N3O5/c1-22(2)23(3,15-16-7-6-8-17(13-16)24(29)30)33-25(32-22)18-10-11-20-19(14-18)26-27-28(20)21-9-4-5-12-31-21/h6-8,10-11,13-14,21,29-30H,4-5,9,12,15H2,1-3H3. The molecule has 0 amide bonds. The van der Waals surface area contributed by atoms with Gasteiger partial charge in [0, 0.05) is 13.0 Å². The van der Waals surface area contributed by atoms with Gasteiger partial charge in [-0.3, -0.25) is 0 Å². The van der Waals surface area contributed by atoms with Gasteiger partial charge in [0.25, 0.3) is 0 Å². The SMILES string of the molecule is CC1(C)OB(c2ccc3c(c2)nnn3C2CCCCO2)OC1(C)Cc1cccc(B(O)O)c1. The second kappa shape index (κ2) is 8.52. The van der Waals surface area contributed by atoms with Crippen LogP contribution in [0.5, 0.6) is 0 Å². The Hall–Kier alpha value is -2.23. The topological polar surface area (TPSA) is 98.9 Å². The molecule has 8 nitrogen and oxygen atoms in total. The van der Waals surface area contributed by atoms with Crippen molar-refractivity contribution in [2.75, 3.05) is 6.61 Å². The molecule has 10 heteroatoms. The summed E-state index contributed by atoms with van der Waals surface area (Å²) in [5.41, 5.74) is 2.81. The van der Waals surface area contributed by atoms with Crippen LogP contribution in [0.25, 0.3) is 11.0 Å². The predicted molar refractivity (Wildman–Crippen MR) is 126 cm³/mol. The van der Waals surface area contributed by atoms with Crippen molar-refractivity contribution < 1.29 is 24.1 Å². The zero-order valence-electron chi connectivity index (χ0n) is 19.3. The Morgan fingerprint density at radius 3 is 2.73 bits per heavy atom. The maximum absolute atomic E-state index is 9.52. The number of rotatable bonds is 5. The van der Waals surface area contributed by atoms with Crippen molar-refractivity contribution in [1.29, 1.82) is 0 Å². The van der Waals surface area contributed by atoms with Crippen molar-refractivity contribution in [1.82, 2.24) is 15.0 Å². The van der Waals surface area contributed by atoms with Crippen molar-refractivity contribution in [2.45, 2.75) is 63.9 Å². The highest BCUT2D eigenvalue weighted by Gasteiger charge is 2.54. The third-order valence-corrected chi connectivity index (χ3v) is 7.03. The maximum Gasteiger partial charge on any atom is 0.494 e. The van der Waals surface area contributed by atoms with E-state index in [2.05, 4.69) is 10.3 Å². The third-order valence-electron chi connectivity index (χ3n) is 7.03. The first kappa shape index (κ1) is 22.6. The normalized spacial score (nSPS) is 25.0. The summed E-state index contributed by atoms with van der Waals surface area (Å²) in [7, 11) is -2.05. The molecule has 33 heavy (non-hydrogen) atoms. The van der Waals surface area contributed by atoms with Crippen LogP contribution in [0.15, 0.2) is 42.5 Å². The number of benzene rings is 2. The van der Waals surface area contributed by atoms with Crippen LogP contribution in [0, 0.1) is 0 Å². The molecule has 0 aliphatic carbocycles. The lowest BCUT2D eigenvalue weighted by molar-refractivity contribution is -0.0377. The molecule has 3 aromatic rings. The molecule has 2 aliphatic rings. The molecule has 0 radical (unpaired) electrons. The van der Waals surface area contributed by atoms with E-state index in [1.54, 1.807) is 12.1 Å². The first-order valence-corrected chi connectivity index (χ1v) is 11.5. The van der Waals surface area contributed by atoms with Crippen molar-refractivity contribution in [3.05, 3.63) is 48.0 Å². The number of fused-ring (bicyclic) bond motifs is 1. The van der Waals surface area contributed by atoms with Gasteiger partial charge < -0.3 is 24.1 Å². The van der Waals surface area contributed by atoms with Crippen molar-refractivity contribution in [3.8, 4) is 0 Å². The van der Waals surface area contributed by atoms with E-state index in [9.17, 15) is 10.0 Å². The van der Waals surface area contributed by atoms with Crippen molar-refractivity contribution in [2.24, 2.45) is 0 Å². The van der Waals surface area contributed by atoms with Gasteiger partial charge in [0.15, 0.2) is 6.23 Å². The van der Waals surface area contributed by atoms with Gasteiger partial charge >= 0.3 is 14.2 Å². The molecule has 2 unspecified atom stereocenters. The maximum atomic E-state index is 9.52. The fraction of sp³-hybridized carbons (Fsp3) is 0.478. The summed E-state index contributed by atoms with van der Waals surface area (Å²) >= 11 is 0. The molecule has 2 fully saturated rings. The second-order valence-corrected chi connectivity index (χ2v) is 9.71. The van der Waals surface area contributed by atoms with Gasteiger partial charge in [-0.15, -0.1) is 5.10 Å². The van der Waals surface area contributed by atoms with Crippen LogP contribution in [0.3, 0.4) is 0 Å². The van der Waals surface area contributed by atoms with E-state index in [0.717, 1.165) is 47.9 Å². The average molecular weight is 449 g/mol. The summed E-state index contributed by atoms with van der Waals surface area (Å²) in [5.74, 6) is 0. The number of ether oxygens (including phenoxy) is 1. The van der Waals surface area contributed by atoms with Gasteiger partial charge in [-0.25, -0.2) is 4.68 Å². The average Bonchev–Trinajstić information content (AvgIpc) is 3.32. The van der Waals surface area contributed by atoms with Gasteiger partial charge in [0.05, 0.1) is 16.7 Å². The molecule has 2 N–H and O–H groups in total. The second-order valence-electron chi connectivity index (χ2n) is 9.71. The van der Waals surface area contributed by atoms with E-state index >= 15 is 0 Å². The fourth-order valence-electron chi connectivity index (χ4n) is 4.67. The van der Waals surface area contributed by atoms with Crippen LogP contribution >= 0.6 is 0 Å². The summed E-state index contributed by atoms with van der Waals surface area (Å²) in [6, 6.07) is 13.2. The Morgan fingerprint density at radius 2 is 1.97 bits per heavy atom. The quantitative estimate of drug-likeness (QED) is 0.568. The molecule has 3 heterocycles. The Kier molecular flexibility index (Phi) is 5.83. The molecule has 0 bridgehead atoms. The zero-order chi connectivity index (χ0) is 23.2. The minimum atomic E-state index is -1.50. The van der Waals surface area contributed by atoms with E-state index in [0.29, 0.717) is 11.9 Å². The lowest BCUT2D eigenvalue weighted by Gasteiger charge is -2.36. The molecular formula is C23H29B2N3O5. The van der Waals surface area contributed by atoms with Crippen LogP contribution in [0.4, 0.5) is 0 Å². The molecule has 2 saturated heterocycles. The molecule has 172 valence electrons. The Bertz CT molecular complexity index is 1150. The van der Waals surface area contributed by atoms with Gasteiger partial charge in [0.2, 0.25) is 0 Å². The molecule has 2 aromatic carbocycles. The number of hydrogen-bond donors (Lipinski definition) is 2. The fourth-order valence-corrected chi connectivity index (χ4v) is 4.67. The molecular weight excluding hydrogens is 420 g/mol. The Morgan fingerprint density at radius 1 is 1.12 bits per heavy atom. The van der Waals surface area contributed by atoms with Crippen molar-refractivity contribution >= 4 is 36.2 Å². The number of aromatic nitrogens is 3. The summed E-state index contributed by atoms with van der Waals surface area (Å²) in [4.78, 5) is 0. The minimum Gasteiger partial charge on any atom is -0.423 e. The number of nitrogens with zero attached hydrogens (tertiary/aromatic N) is 3. The van der Waals surface area contributed by atoms with E-state index < -0.39 is 25.4 Å². The highest BCUT2D eigenvalue weighted by molar-refractivity contribution is 6.62. The smallest absolute Gasteiger partial charge is 0.423 e. The largest absolute Gasteiger partial charge is 0.494 e. The van der Waals surface area contributed by atoms with Crippen LogP contribution in [-0.4, -0.2) is 57.1 Å². The predicted octanol–water partition coefficient (Wildman–Crippen LogP) is 1.33. The monoisotopic (exact) mass is 449 g/mol. The summed E-state index contributed by atoms with van der Waals surface area (Å²) < 4.78 is 20.6. The van der Waals surface area contributed by atoms with Crippen LogP contribution < -0.4 is 10.9 Å². The molecule has 2 atom stereocenters. The first-order chi connectivity index (χ1) is 15.8. The third kappa shape index (κ3) is 4.22. The highest BCUT2D eigenvalue weighted by atomic mass is 16.7. The zero-order valence-corrected chi connectivity index (χ0v) is 19.3. The van der Waals surface area contributed by atoms with E-state index in [4.69, 9.17) is 14.0 Å². The van der Waals surface area contributed by atoms with Crippen LogP contribution in [0.2, 0.25) is 0 Å². The molecule has 0 spiro atoms. The lowest BCUT2D eigenvalue weighted by Crippen LogP contribution is -2.46. The van der Waals surface area contributed by atoms with Crippen LogP contribution in [0.1, 0.15) is 51.8 Å². The van der Waals surface area contributed by atoms with Gasteiger partial charge in [-0.2, -0.15) is 0 Å². The lowest BCUT2D eigenvalue weighted by atomic mass is 9.77. The number of hydrogen-bond acceptors (Lipinski definition) is 7. The summed E-state index contributed by atoms with van der Waals surface area (Å²) in [6.07, 6.45) is 3.65. The highest BCUT2D eigenvalue weighted by Crippen LogP contribution is 2.39. The molecule has 0 saturated carbocycles. The summed E-state index contributed by atoms with van der Waals surface area (Å²) in [6.45, 7) is 6.83. The molecule has 5 rings (SSSR count). The van der Waals surface area contributed by atoms with Gasteiger partial charge in [-0.1, -0.05) is 35.5 Å². The molecule has 2 aliphatic heterocycles. The first-order valence-electron chi connectivity index (χ1n) is 11.5. The van der Waals surface area contributed by atoms with Crippen molar-refractivity contribution in [3.63, 3.8) is 0 Å². The van der Waals surface area contributed by atoms with Gasteiger partial charge in [0.1, 0.15) is 5.52 Å². The van der Waals surface area contributed by atoms with Crippen LogP contribution in [-0.2, 0) is 20.5 Å². The van der Waals surface area contributed by atoms with E-state index in [1.807, 2.05) is 55.8 Å². The van der Waals surface area contributed by atoms with E-state index in [-0.39, 0.29) is 6.23 Å². The minimum absolute atomic E-state index is 0.0657. The summed E-state index contributed by atoms with van der Waals surface area (Å²) in [5, 5.41) is 27.7.